The maximum absolute atomic E-state index is 14.5. The maximum atomic E-state index is 14.5. The number of aliphatic hydroxyl groups is 3. The number of benzene rings is 2. The van der Waals surface area contributed by atoms with Crippen molar-refractivity contribution in [3.05, 3.63) is 75.3 Å². The number of aliphatic hydroxyl groups excluding tert-OH is 2. The highest BCUT2D eigenvalue weighted by Gasteiger charge is 2.71. The number of phenols is 1. The van der Waals surface area contributed by atoms with E-state index in [1.807, 2.05) is 32.9 Å². The van der Waals surface area contributed by atoms with E-state index in [1.54, 1.807) is 33.8 Å². The van der Waals surface area contributed by atoms with Crippen LogP contribution in [0.5, 0.6) is 5.75 Å². The van der Waals surface area contributed by atoms with Crippen molar-refractivity contribution in [1.82, 2.24) is 0 Å². The van der Waals surface area contributed by atoms with Crippen molar-refractivity contribution in [2.75, 3.05) is 0 Å². The average Bonchev–Trinajstić information content (AvgIpc) is 2.94. The molecule has 0 saturated heterocycles. The normalized spacial score (nSPS) is 27.6. The lowest BCUT2D eigenvalue weighted by Crippen LogP contribution is -2.67. The molecule has 47 heavy (non-hydrogen) atoms. The van der Waals surface area contributed by atoms with Gasteiger partial charge in [-0.2, -0.15) is 0 Å². The fraction of sp³-hybridized carbons (Fsp3) is 0.513. The summed E-state index contributed by atoms with van der Waals surface area (Å²) in [5.74, 6) is -5.34. The lowest BCUT2D eigenvalue weighted by Gasteiger charge is -2.59. The SMILES string of the molecule is CCc1ccc(CCCC(C)(C)F)cc1-c1ccc(O)c2c1C[C@]1(C)C[C@]3(C)C(C(C)C)C(O)=C(C(C)=O)C(=O)[C@]3(O)C(O)=C1C2=O. The van der Waals surface area contributed by atoms with Gasteiger partial charge in [0.15, 0.2) is 17.2 Å². The second-order valence-electron chi connectivity index (χ2n) is 15.4. The van der Waals surface area contributed by atoms with Crippen molar-refractivity contribution in [3.63, 3.8) is 0 Å². The van der Waals surface area contributed by atoms with Gasteiger partial charge in [-0.15, -0.1) is 0 Å². The van der Waals surface area contributed by atoms with Crippen LogP contribution in [0.1, 0.15) is 102 Å². The lowest BCUT2D eigenvalue weighted by molar-refractivity contribution is -0.171. The zero-order valence-electron chi connectivity index (χ0n) is 28.7. The Morgan fingerprint density at radius 3 is 2.30 bits per heavy atom. The summed E-state index contributed by atoms with van der Waals surface area (Å²) >= 11 is 0. The van der Waals surface area contributed by atoms with Crippen molar-refractivity contribution >= 4 is 17.3 Å². The highest BCUT2D eigenvalue weighted by atomic mass is 19.1. The molecular formula is C39H47FO7. The molecule has 7 nitrogen and oxygen atoms in total. The van der Waals surface area contributed by atoms with E-state index >= 15 is 0 Å². The Morgan fingerprint density at radius 2 is 1.72 bits per heavy atom. The molecule has 0 radical (unpaired) electrons. The molecule has 4 N–H and O–H groups in total. The summed E-state index contributed by atoms with van der Waals surface area (Å²) in [7, 11) is 0. The van der Waals surface area contributed by atoms with Crippen LogP contribution in [0.2, 0.25) is 0 Å². The number of Topliss-reactive ketones (excluding diaryl/α,β-unsaturated/α-hetero) is 3. The molecule has 0 aliphatic heterocycles. The van der Waals surface area contributed by atoms with Gasteiger partial charge in [-0.1, -0.05) is 58.9 Å². The van der Waals surface area contributed by atoms with E-state index in [2.05, 4.69) is 6.07 Å². The third-order valence-electron chi connectivity index (χ3n) is 11.0. The van der Waals surface area contributed by atoms with E-state index in [0.29, 0.717) is 31.2 Å². The fourth-order valence-corrected chi connectivity index (χ4v) is 9.04. The molecule has 8 heteroatoms. The first-order valence-corrected chi connectivity index (χ1v) is 16.6. The number of fused-ring (bicyclic) bond motifs is 3. The molecule has 3 aliphatic rings. The molecule has 0 saturated carbocycles. The average molecular weight is 647 g/mol. The lowest BCUT2D eigenvalue weighted by atomic mass is 9.44. The molecule has 0 heterocycles. The zero-order chi connectivity index (χ0) is 35.0. The highest BCUT2D eigenvalue weighted by Crippen LogP contribution is 2.65. The minimum Gasteiger partial charge on any atom is -0.511 e. The maximum Gasteiger partial charge on any atom is 0.209 e. The zero-order valence-corrected chi connectivity index (χ0v) is 28.7. The first-order valence-electron chi connectivity index (χ1n) is 16.6. The molecule has 2 aromatic carbocycles. The van der Waals surface area contributed by atoms with Gasteiger partial charge >= 0.3 is 0 Å². The third-order valence-corrected chi connectivity index (χ3v) is 11.0. The van der Waals surface area contributed by atoms with Gasteiger partial charge < -0.3 is 20.4 Å². The number of hydrogen-bond acceptors (Lipinski definition) is 7. The van der Waals surface area contributed by atoms with Crippen LogP contribution in [-0.2, 0) is 28.9 Å². The number of allylic oxidation sites excluding steroid dienone is 2. The second-order valence-corrected chi connectivity index (χ2v) is 15.4. The van der Waals surface area contributed by atoms with Crippen LogP contribution in [-0.4, -0.2) is 49.0 Å². The number of aryl methyl sites for hydroxylation is 2. The Balaban J connectivity index is 1.72. The first kappa shape index (κ1) is 34.6. The van der Waals surface area contributed by atoms with Crippen LogP contribution in [0.25, 0.3) is 11.1 Å². The predicted octanol–water partition coefficient (Wildman–Crippen LogP) is 7.65. The van der Waals surface area contributed by atoms with Gasteiger partial charge in [0.05, 0.1) is 5.56 Å². The number of alkyl halides is 1. The number of carbonyl (C=O) groups is 3. The molecule has 252 valence electrons. The minimum atomic E-state index is -2.65. The number of rotatable bonds is 8. The van der Waals surface area contributed by atoms with E-state index in [4.69, 9.17) is 0 Å². The van der Waals surface area contributed by atoms with Crippen molar-refractivity contribution in [3.8, 4) is 16.9 Å². The third kappa shape index (κ3) is 5.14. The molecule has 0 fully saturated rings. The molecule has 4 atom stereocenters. The van der Waals surface area contributed by atoms with Crippen molar-refractivity contribution in [2.45, 2.75) is 105 Å². The second kappa shape index (κ2) is 11.4. The summed E-state index contributed by atoms with van der Waals surface area (Å²) in [5, 5.41) is 46.7. The topological polar surface area (TPSA) is 132 Å². The van der Waals surface area contributed by atoms with Crippen LogP contribution in [0, 0.1) is 22.7 Å². The highest BCUT2D eigenvalue weighted by molar-refractivity contribution is 6.25. The molecule has 1 unspecified atom stereocenters. The monoisotopic (exact) mass is 646 g/mol. The summed E-state index contributed by atoms with van der Waals surface area (Å²) in [6.07, 6.45) is 2.67. The van der Waals surface area contributed by atoms with E-state index in [0.717, 1.165) is 29.2 Å². The van der Waals surface area contributed by atoms with E-state index in [1.165, 1.54) is 6.07 Å². The quantitative estimate of drug-likeness (QED) is 0.217. The number of hydrogen-bond donors (Lipinski definition) is 4. The van der Waals surface area contributed by atoms with E-state index in [9.17, 15) is 39.2 Å². The standard InChI is InChI=1S/C39H47FO7/c1-9-23-13-12-22(11-10-16-36(5,6)40)17-25(23)24-14-15-27(42)29-26(24)18-37(7)19-38(8)30(20(2)3)32(43)28(21(4)41)34(45)39(38,47)35(46)31(37)33(29)44/h12-15,17,20,30,42-43,46-47H,9-11,16,18-19H2,1-8H3/t30?,37-,38-,39+/m1/s1. The van der Waals surface area contributed by atoms with Crippen molar-refractivity contribution in [1.29, 1.82) is 0 Å². The van der Waals surface area contributed by atoms with Gasteiger partial charge in [0.1, 0.15) is 28.5 Å². The summed E-state index contributed by atoms with van der Waals surface area (Å²) in [6, 6.07) is 9.38. The fourth-order valence-electron chi connectivity index (χ4n) is 9.04. The van der Waals surface area contributed by atoms with E-state index in [-0.39, 0.29) is 35.6 Å². The Kier molecular flexibility index (Phi) is 8.40. The van der Waals surface area contributed by atoms with Gasteiger partial charge in [-0.25, -0.2) is 4.39 Å². The molecule has 0 aromatic heterocycles. The molecular weight excluding hydrogens is 599 g/mol. The van der Waals surface area contributed by atoms with Crippen LogP contribution in [0.4, 0.5) is 4.39 Å². The number of halogens is 1. The predicted molar refractivity (Wildman–Crippen MR) is 178 cm³/mol. The molecule has 0 amide bonds. The van der Waals surface area contributed by atoms with Crippen LogP contribution in [0.3, 0.4) is 0 Å². The Bertz CT molecular complexity index is 1760. The molecule has 3 aliphatic carbocycles. The number of ketones is 3. The van der Waals surface area contributed by atoms with Gasteiger partial charge in [-0.3, -0.25) is 14.4 Å². The Hall–Kier alpha value is -3.78. The van der Waals surface area contributed by atoms with Crippen molar-refractivity contribution in [2.24, 2.45) is 22.7 Å². The van der Waals surface area contributed by atoms with Gasteiger partial charge in [0.25, 0.3) is 0 Å². The number of carbonyl (C=O) groups excluding carboxylic acids is 3. The molecule has 0 spiro atoms. The van der Waals surface area contributed by atoms with Crippen LogP contribution in [0.15, 0.2) is 53.0 Å². The van der Waals surface area contributed by atoms with Gasteiger partial charge in [0.2, 0.25) is 5.78 Å². The smallest absolute Gasteiger partial charge is 0.209 e. The van der Waals surface area contributed by atoms with Crippen LogP contribution < -0.4 is 0 Å². The minimum absolute atomic E-state index is 0.00536. The van der Waals surface area contributed by atoms with Gasteiger partial charge in [-0.05, 0) is 99.1 Å². The van der Waals surface area contributed by atoms with Crippen molar-refractivity contribution < 1.29 is 39.2 Å². The summed E-state index contributed by atoms with van der Waals surface area (Å²) in [5.41, 5.74) is -2.98. The Morgan fingerprint density at radius 1 is 1.06 bits per heavy atom. The molecule has 5 rings (SSSR count). The largest absolute Gasteiger partial charge is 0.511 e. The summed E-state index contributed by atoms with van der Waals surface area (Å²) in [6.45, 7) is 13.3. The summed E-state index contributed by atoms with van der Waals surface area (Å²) in [4.78, 5) is 41.0. The van der Waals surface area contributed by atoms with E-state index < -0.39 is 62.5 Å². The first-order chi connectivity index (χ1) is 21.7. The number of phenolic OH excluding ortho intramolecular Hbond substituents is 1. The molecule has 0 bridgehead atoms. The number of aromatic hydroxyl groups is 1. The molecule has 2 aromatic rings. The van der Waals surface area contributed by atoms with Gasteiger partial charge in [0, 0.05) is 22.3 Å². The summed E-state index contributed by atoms with van der Waals surface area (Å²) < 4.78 is 14.2. The Labute approximate surface area is 276 Å². The van der Waals surface area contributed by atoms with Crippen LogP contribution >= 0.6 is 0 Å².